The molecule has 2 aliphatic heterocycles. The number of hydrogen-bond donors (Lipinski definition) is 2. The average molecular weight is 291 g/mol. The van der Waals surface area contributed by atoms with Gasteiger partial charge in [0.2, 0.25) is 5.91 Å². The summed E-state index contributed by atoms with van der Waals surface area (Å²) >= 11 is 0. The molecule has 0 aromatic heterocycles. The normalized spacial score (nSPS) is 37.1. The molecule has 2 fully saturated rings. The molecule has 0 spiro atoms. The van der Waals surface area contributed by atoms with Crippen LogP contribution in [0.4, 0.5) is 0 Å². The van der Waals surface area contributed by atoms with Crippen molar-refractivity contribution in [1.29, 1.82) is 0 Å². The monoisotopic (exact) mass is 291 g/mol. The molecular formula is C11H17NO6S. The van der Waals surface area contributed by atoms with Crippen molar-refractivity contribution in [3.05, 3.63) is 0 Å². The Morgan fingerprint density at radius 3 is 2.63 bits per heavy atom. The highest BCUT2D eigenvalue weighted by Gasteiger charge is 2.48. The van der Waals surface area contributed by atoms with E-state index in [2.05, 4.69) is 5.32 Å². The smallest absolute Gasteiger partial charge is 0.313 e. The molecule has 2 N–H and O–H groups in total. The van der Waals surface area contributed by atoms with E-state index in [9.17, 15) is 23.1 Å². The van der Waals surface area contributed by atoms with Gasteiger partial charge in [-0.05, 0) is 13.3 Å². The van der Waals surface area contributed by atoms with Crippen molar-refractivity contribution in [1.82, 2.24) is 5.32 Å². The molecule has 108 valence electrons. The quantitative estimate of drug-likeness (QED) is 0.692. The highest BCUT2D eigenvalue weighted by molar-refractivity contribution is 7.91. The largest absolute Gasteiger partial charge is 0.481 e. The van der Waals surface area contributed by atoms with Crippen LogP contribution >= 0.6 is 0 Å². The lowest BCUT2D eigenvalue weighted by molar-refractivity contribution is -0.149. The predicted molar refractivity (Wildman–Crippen MR) is 65.3 cm³/mol. The van der Waals surface area contributed by atoms with Crippen molar-refractivity contribution in [2.75, 3.05) is 24.7 Å². The Bertz CT molecular complexity index is 501. The van der Waals surface area contributed by atoms with Gasteiger partial charge in [0.25, 0.3) is 0 Å². The Labute approximate surface area is 111 Å². The summed E-state index contributed by atoms with van der Waals surface area (Å²) in [6.45, 7) is 1.68. The van der Waals surface area contributed by atoms with E-state index in [0.717, 1.165) is 0 Å². The third kappa shape index (κ3) is 2.74. The minimum atomic E-state index is -3.13. The lowest BCUT2D eigenvalue weighted by atomic mass is 9.85. The van der Waals surface area contributed by atoms with Crippen LogP contribution in [0.3, 0.4) is 0 Å². The van der Waals surface area contributed by atoms with Crippen molar-refractivity contribution in [3.8, 4) is 0 Å². The van der Waals surface area contributed by atoms with Crippen LogP contribution in [0.2, 0.25) is 0 Å². The highest BCUT2D eigenvalue weighted by Crippen LogP contribution is 2.29. The van der Waals surface area contributed by atoms with Gasteiger partial charge in [-0.2, -0.15) is 0 Å². The molecule has 2 rings (SSSR count). The van der Waals surface area contributed by atoms with Gasteiger partial charge in [-0.25, -0.2) is 8.42 Å². The molecule has 2 heterocycles. The van der Waals surface area contributed by atoms with Gasteiger partial charge in [0, 0.05) is 0 Å². The summed E-state index contributed by atoms with van der Waals surface area (Å²) in [5, 5.41) is 11.8. The summed E-state index contributed by atoms with van der Waals surface area (Å²) in [6, 6.07) is -0.624. The van der Waals surface area contributed by atoms with Gasteiger partial charge < -0.3 is 15.2 Å². The van der Waals surface area contributed by atoms with Crippen molar-refractivity contribution in [2.24, 2.45) is 11.3 Å². The molecule has 3 atom stereocenters. The molecule has 19 heavy (non-hydrogen) atoms. The lowest BCUT2D eigenvalue weighted by Gasteiger charge is -2.26. The maximum atomic E-state index is 12.0. The Balaban J connectivity index is 2.02. The highest BCUT2D eigenvalue weighted by atomic mass is 32.2. The molecule has 2 saturated heterocycles. The van der Waals surface area contributed by atoms with E-state index in [1.165, 1.54) is 6.92 Å². The number of sulfone groups is 1. The van der Waals surface area contributed by atoms with E-state index in [0.29, 0.717) is 6.42 Å². The SMILES string of the molecule is CC1(C(=O)O)COCC1NC(=O)C1CCS(=O)(=O)C1. The van der Waals surface area contributed by atoms with Crippen molar-refractivity contribution < 1.29 is 27.9 Å². The van der Waals surface area contributed by atoms with E-state index < -0.39 is 39.1 Å². The summed E-state index contributed by atoms with van der Waals surface area (Å²) in [5.74, 6) is -2.15. The molecule has 0 bridgehead atoms. The van der Waals surface area contributed by atoms with Crippen LogP contribution in [-0.2, 0) is 24.2 Å². The van der Waals surface area contributed by atoms with Crippen LogP contribution in [-0.4, -0.2) is 56.2 Å². The maximum absolute atomic E-state index is 12.0. The van der Waals surface area contributed by atoms with Gasteiger partial charge >= 0.3 is 5.97 Å². The first-order valence-electron chi connectivity index (χ1n) is 6.06. The van der Waals surface area contributed by atoms with Crippen molar-refractivity contribution >= 4 is 21.7 Å². The first kappa shape index (κ1) is 14.3. The topological polar surface area (TPSA) is 110 Å². The fourth-order valence-electron chi connectivity index (χ4n) is 2.38. The molecule has 3 unspecified atom stereocenters. The molecule has 0 aromatic carbocycles. The van der Waals surface area contributed by atoms with E-state index in [-0.39, 0.29) is 24.7 Å². The number of carbonyl (C=O) groups excluding carboxylic acids is 1. The average Bonchev–Trinajstić information content (AvgIpc) is 2.84. The third-order valence-electron chi connectivity index (χ3n) is 3.86. The number of hydrogen-bond acceptors (Lipinski definition) is 5. The second-order valence-corrected chi connectivity index (χ2v) is 7.63. The van der Waals surface area contributed by atoms with Gasteiger partial charge in [-0.3, -0.25) is 9.59 Å². The van der Waals surface area contributed by atoms with E-state index in [4.69, 9.17) is 4.74 Å². The molecule has 8 heteroatoms. The Morgan fingerprint density at radius 1 is 1.42 bits per heavy atom. The van der Waals surface area contributed by atoms with Gasteiger partial charge in [0.15, 0.2) is 9.84 Å². The van der Waals surface area contributed by atoms with Gasteiger partial charge in [-0.15, -0.1) is 0 Å². The zero-order valence-corrected chi connectivity index (χ0v) is 11.4. The summed E-state index contributed by atoms with van der Waals surface area (Å²) in [7, 11) is -3.13. The number of carbonyl (C=O) groups is 2. The summed E-state index contributed by atoms with van der Waals surface area (Å²) in [4.78, 5) is 23.2. The third-order valence-corrected chi connectivity index (χ3v) is 5.63. The number of rotatable bonds is 3. The van der Waals surface area contributed by atoms with Gasteiger partial charge in [0.05, 0.1) is 36.7 Å². The molecule has 0 saturated carbocycles. The standard InChI is InChI=1S/C11H17NO6S/c1-11(10(14)15)6-18-4-8(11)12-9(13)7-2-3-19(16,17)5-7/h7-8H,2-6H2,1H3,(H,12,13)(H,14,15). The Kier molecular flexibility index (Phi) is 3.57. The van der Waals surface area contributed by atoms with Crippen LogP contribution in [0.25, 0.3) is 0 Å². The molecule has 0 radical (unpaired) electrons. The van der Waals surface area contributed by atoms with Crippen LogP contribution in [0.5, 0.6) is 0 Å². The first-order valence-corrected chi connectivity index (χ1v) is 7.89. The van der Waals surface area contributed by atoms with E-state index >= 15 is 0 Å². The number of amides is 1. The lowest BCUT2D eigenvalue weighted by Crippen LogP contribution is -2.51. The van der Waals surface area contributed by atoms with Crippen molar-refractivity contribution in [3.63, 3.8) is 0 Å². The number of aliphatic carboxylic acids is 1. The molecular weight excluding hydrogens is 274 g/mol. The Morgan fingerprint density at radius 2 is 2.11 bits per heavy atom. The Hall–Kier alpha value is -1.15. The van der Waals surface area contributed by atoms with Crippen molar-refractivity contribution in [2.45, 2.75) is 19.4 Å². The minimum Gasteiger partial charge on any atom is -0.481 e. The van der Waals surface area contributed by atoms with Crippen LogP contribution < -0.4 is 5.32 Å². The predicted octanol–water partition coefficient (Wildman–Crippen LogP) is -0.973. The molecule has 7 nitrogen and oxygen atoms in total. The number of nitrogens with one attached hydrogen (secondary N) is 1. The fraction of sp³-hybridized carbons (Fsp3) is 0.818. The first-order chi connectivity index (χ1) is 8.74. The minimum absolute atomic E-state index is 0.0163. The number of ether oxygens (including phenoxy) is 1. The summed E-state index contributed by atoms with van der Waals surface area (Å²) in [6.07, 6.45) is 0.297. The molecule has 2 aliphatic rings. The second kappa shape index (κ2) is 4.75. The number of carboxylic acids is 1. The van der Waals surface area contributed by atoms with Crippen LogP contribution in [0, 0.1) is 11.3 Å². The van der Waals surface area contributed by atoms with E-state index in [1.54, 1.807) is 0 Å². The van der Waals surface area contributed by atoms with Crippen LogP contribution in [0.15, 0.2) is 0 Å². The van der Waals surface area contributed by atoms with Gasteiger partial charge in [0.1, 0.15) is 5.41 Å². The summed E-state index contributed by atoms with van der Waals surface area (Å²) < 4.78 is 27.8. The molecule has 0 aromatic rings. The fourth-order valence-corrected chi connectivity index (χ4v) is 4.12. The zero-order valence-electron chi connectivity index (χ0n) is 10.6. The summed E-state index contributed by atoms with van der Waals surface area (Å²) in [5.41, 5.74) is -1.16. The second-order valence-electron chi connectivity index (χ2n) is 5.40. The van der Waals surface area contributed by atoms with Gasteiger partial charge in [-0.1, -0.05) is 0 Å². The molecule has 1 amide bonds. The maximum Gasteiger partial charge on any atom is 0.313 e. The number of carboxylic acid groups (broad SMARTS) is 1. The van der Waals surface area contributed by atoms with E-state index in [1.807, 2.05) is 0 Å². The zero-order chi connectivity index (χ0) is 14.3. The van der Waals surface area contributed by atoms with Crippen LogP contribution in [0.1, 0.15) is 13.3 Å². The molecule has 0 aliphatic carbocycles.